The van der Waals surface area contributed by atoms with Crippen molar-refractivity contribution in [3.8, 4) is 22.9 Å². The highest BCUT2D eigenvalue weighted by Crippen LogP contribution is 2.36. The van der Waals surface area contributed by atoms with Crippen LogP contribution in [0, 0.1) is 6.92 Å². The molecular formula is C43H49N3O2. The van der Waals surface area contributed by atoms with E-state index in [4.69, 9.17) is 9.47 Å². The van der Waals surface area contributed by atoms with Crippen molar-refractivity contribution >= 4 is 29.2 Å². The molecule has 0 atom stereocenters. The van der Waals surface area contributed by atoms with Gasteiger partial charge in [-0.3, -0.25) is 9.97 Å². The van der Waals surface area contributed by atoms with Crippen LogP contribution in [0.2, 0.25) is 0 Å². The normalized spacial score (nSPS) is 11.1. The van der Waals surface area contributed by atoms with Gasteiger partial charge in [0.1, 0.15) is 11.5 Å². The van der Waals surface area contributed by atoms with E-state index in [9.17, 15) is 0 Å². The fourth-order valence-electron chi connectivity index (χ4n) is 5.56. The third-order valence-corrected chi connectivity index (χ3v) is 8.30. The lowest BCUT2D eigenvalue weighted by molar-refractivity contribution is 0.305. The average Bonchev–Trinajstić information content (AvgIpc) is 3.12. The molecule has 0 bridgehead atoms. The first-order valence-corrected chi connectivity index (χ1v) is 17.6. The number of benzene rings is 3. The Hall–Kier alpha value is -4.90. The molecule has 2 heterocycles. The lowest BCUT2D eigenvalue weighted by atomic mass is 10.1. The highest BCUT2D eigenvalue weighted by Gasteiger charge is 2.13. The Morgan fingerprint density at radius 3 is 1.52 bits per heavy atom. The maximum atomic E-state index is 6.04. The number of nitrogens with zero attached hydrogens (tertiary/aromatic N) is 3. The Morgan fingerprint density at radius 1 is 0.521 bits per heavy atom. The molecule has 2 aromatic heterocycles. The zero-order chi connectivity index (χ0) is 33.4. The average molecular weight is 640 g/mol. The van der Waals surface area contributed by atoms with Crippen molar-refractivity contribution in [1.29, 1.82) is 0 Å². The first-order chi connectivity index (χ1) is 23.6. The zero-order valence-electron chi connectivity index (χ0n) is 28.8. The molecule has 0 spiro atoms. The van der Waals surface area contributed by atoms with Crippen LogP contribution in [-0.2, 0) is 0 Å². The molecule has 0 aliphatic rings. The first-order valence-electron chi connectivity index (χ1n) is 17.6. The van der Waals surface area contributed by atoms with Crippen LogP contribution in [0.25, 0.3) is 23.5 Å². The lowest BCUT2D eigenvalue weighted by Crippen LogP contribution is -2.10. The Bertz CT molecular complexity index is 1640. The highest BCUT2D eigenvalue weighted by atomic mass is 16.5. The number of anilines is 3. The molecule has 0 N–H and O–H groups in total. The number of ether oxygens (including phenoxy) is 2. The number of aromatic nitrogens is 2. The van der Waals surface area contributed by atoms with Crippen LogP contribution >= 0.6 is 0 Å². The van der Waals surface area contributed by atoms with Gasteiger partial charge in [-0.05, 0) is 121 Å². The van der Waals surface area contributed by atoms with Gasteiger partial charge < -0.3 is 14.4 Å². The summed E-state index contributed by atoms with van der Waals surface area (Å²) in [4.78, 5) is 11.3. The number of pyridine rings is 2. The van der Waals surface area contributed by atoms with Gasteiger partial charge in [0.2, 0.25) is 0 Å². The second-order valence-corrected chi connectivity index (χ2v) is 12.3. The molecule has 0 amide bonds. The quantitative estimate of drug-likeness (QED) is 0.0893. The molecule has 48 heavy (non-hydrogen) atoms. The Balaban J connectivity index is 1.32. The van der Waals surface area contributed by atoms with Gasteiger partial charge in [0.05, 0.1) is 24.6 Å². The predicted octanol–water partition coefficient (Wildman–Crippen LogP) is 12.0. The highest BCUT2D eigenvalue weighted by molar-refractivity contribution is 5.79. The van der Waals surface area contributed by atoms with Crippen LogP contribution in [0.3, 0.4) is 0 Å². The molecule has 5 aromatic rings. The van der Waals surface area contributed by atoms with Crippen LogP contribution in [0.4, 0.5) is 17.1 Å². The van der Waals surface area contributed by atoms with Crippen molar-refractivity contribution in [2.75, 3.05) is 18.1 Å². The van der Waals surface area contributed by atoms with Gasteiger partial charge in [-0.1, -0.05) is 76.7 Å². The van der Waals surface area contributed by atoms with Gasteiger partial charge in [0, 0.05) is 29.5 Å². The molecule has 3 aromatic carbocycles. The standard InChI is InChI=1S/C43H49N3O2/c1-4-6-8-10-30-47-40-22-18-38(19-23-40)46(39-20-24-41(25-21-39)48-31-11-9-7-5-2)37-16-14-35(15-17-37)12-13-36-27-29-45-43(33-36)42-32-34(3)26-28-44-42/h12-29,32-33H,4-11,30-31H2,1-3H3/b13-12+. The van der Waals surface area contributed by atoms with Crippen molar-refractivity contribution in [1.82, 2.24) is 9.97 Å². The summed E-state index contributed by atoms with van der Waals surface area (Å²) < 4.78 is 12.1. The molecule has 0 aliphatic carbocycles. The van der Waals surface area contributed by atoms with E-state index in [2.05, 4.69) is 133 Å². The van der Waals surface area contributed by atoms with Crippen molar-refractivity contribution < 1.29 is 9.47 Å². The number of hydrogen-bond acceptors (Lipinski definition) is 5. The summed E-state index contributed by atoms with van der Waals surface area (Å²) in [6.45, 7) is 8.03. The topological polar surface area (TPSA) is 47.5 Å². The van der Waals surface area contributed by atoms with Gasteiger partial charge in [0.25, 0.3) is 0 Å². The summed E-state index contributed by atoms with van der Waals surface area (Å²) in [6.07, 6.45) is 17.5. The minimum absolute atomic E-state index is 0.752. The van der Waals surface area contributed by atoms with Crippen LogP contribution in [0.5, 0.6) is 11.5 Å². The van der Waals surface area contributed by atoms with Crippen LogP contribution in [0.15, 0.2) is 109 Å². The van der Waals surface area contributed by atoms with Crippen LogP contribution in [-0.4, -0.2) is 23.2 Å². The van der Waals surface area contributed by atoms with E-state index in [-0.39, 0.29) is 0 Å². The number of rotatable bonds is 18. The molecule has 0 saturated heterocycles. The Morgan fingerprint density at radius 2 is 1.00 bits per heavy atom. The molecule has 0 radical (unpaired) electrons. The maximum absolute atomic E-state index is 6.04. The van der Waals surface area contributed by atoms with E-state index >= 15 is 0 Å². The molecule has 0 fully saturated rings. The second kappa shape index (κ2) is 18.4. The molecule has 0 saturated carbocycles. The SMILES string of the molecule is CCCCCCOc1ccc(N(c2ccc(/C=C/c3ccnc(-c4cc(C)ccn4)c3)cc2)c2ccc(OCCCCCC)cc2)cc1. The van der Waals surface area contributed by atoms with Crippen molar-refractivity contribution in [3.05, 3.63) is 126 Å². The Kier molecular flexibility index (Phi) is 13.2. The van der Waals surface area contributed by atoms with Crippen molar-refractivity contribution in [3.63, 3.8) is 0 Å². The van der Waals surface area contributed by atoms with Crippen molar-refractivity contribution in [2.45, 2.75) is 72.1 Å². The van der Waals surface area contributed by atoms with Gasteiger partial charge in [-0.2, -0.15) is 0 Å². The van der Waals surface area contributed by atoms with Gasteiger partial charge in [-0.25, -0.2) is 0 Å². The lowest BCUT2D eigenvalue weighted by Gasteiger charge is -2.26. The van der Waals surface area contributed by atoms with E-state index in [0.717, 1.165) is 77.1 Å². The smallest absolute Gasteiger partial charge is 0.119 e. The summed E-state index contributed by atoms with van der Waals surface area (Å²) in [7, 11) is 0. The minimum atomic E-state index is 0.752. The van der Waals surface area contributed by atoms with E-state index in [1.807, 2.05) is 24.5 Å². The van der Waals surface area contributed by atoms with Crippen LogP contribution < -0.4 is 14.4 Å². The molecular weight excluding hydrogens is 590 g/mol. The zero-order valence-corrected chi connectivity index (χ0v) is 28.8. The van der Waals surface area contributed by atoms with Gasteiger partial charge in [0.15, 0.2) is 0 Å². The summed E-state index contributed by atoms with van der Waals surface area (Å²) in [6, 6.07) is 33.6. The molecule has 5 heteroatoms. The minimum Gasteiger partial charge on any atom is -0.494 e. The summed E-state index contributed by atoms with van der Waals surface area (Å²) in [5, 5.41) is 0. The first kappa shape index (κ1) is 34.4. The number of hydrogen-bond donors (Lipinski definition) is 0. The molecule has 5 rings (SSSR count). The monoisotopic (exact) mass is 639 g/mol. The largest absolute Gasteiger partial charge is 0.494 e. The van der Waals surface area contributed by atoms with E-state index in [1.165, 1.54) is 44.1 Å². The third-order valence-electron chi connectivity index (χ3n) is 8.30. The molecule has 0 aliphatic heterocycles. The fourth-order valence-corrected chi connectivity index (χ4v) is 5.56. The van der Waals surface area contributed by atoms with E-state index in [0.29, 0.717) is 0 Å². The van der Waals surface area contributed by atoms with E-state index in [1.54, 1.807) is 0 Å². The van der Waals surface area contributed by atoms with E-state index < -0.39 is 0 Å². The molecule has 248 valence electrons. The third kappa shape index (κ3) is 10.3. The fraction of sp³-hybridized carbons (Fsp3) is 0.302. The second-order valence-electron chi connectivity index (χ2n) is 12.3. The molecule has 5 nitrogen and oxygen atoms in total. The van der Waals surface area contributed by atoms with Crippen molar-refractivity contribution in [2.24, 2.45) is 0 Å². The number of aryl methyl sites for hydroxylation is 1. The van der Waals surface area contributed by atoms with Crippen LogP contribution in [0.1, 0.15) is 81.9 Å². The summed E-state index contributed by atoms with van der Waals surface area (Å²) in [5.41, 5.74) is 8.32. The molecule has 0 unspecified atom stereocenters. The Labute approximate surface area is 287 Å². The maximum Gasteiger partial charge on any atom is 0.119 e. The number of unbranched alkanes of at least 4 members (excludes halogenated alkanes) is 6. The van der Waals surface area contributed by atoms with Gasteiger partial charge >= 0.3 is 0 Å². The summed E-state index contributed by atoms with van der Waals surface area (Å²) in [5.74, 6) is 1.81. The summed E-state index contributed by atoms with van der Waals surface area (Å²) >= 11 is 0. The van der Waals surface area contributed by atoms with Gasteiger partial charge in [-0.15, -0.1) is 0 Å². The predicted molar refractivity (Wildman–Crippen MR) is 202 cm³/mol.